The molecule has 3 N–H and O–H groups in total. The first-order valence-corrected chi connectivity index (χ1v) is 10.3. The Labute approximate surface area is 184 Å². The highest BCUT2D eigenvalue weighted by atomic mass is 16.6. The maximum absolute atomic E-state index is 12.7. The van der Waals surface area contributed by atoms with Crippen LogP contribution in [-0.2, 0) is 6.61 Å². The minimum absolute atomic E-state index is 0.00234. The average molecular weight is 436 g/mol. The normalized spacial score (nSPS) is 14.0. The van der Waals surface area contributed by atoms with E-state index in [1.165, 1.54) is 0 Å². The summed E-state index contributed by atoms with van der Waals surface area (Å²) in [5.41, 5.74) is 7.36. The number of nitrogen functional groups attached to an aromatic ring is 1. The number of hydrogen-bond acceptors (Lipinski definition) is 7. The van der Waals surface area contributed by atoms with Gasteiger partial charge in [0.1, 0.15) is 12.4 Å². The van der Waals surface area contributed by atoms with E-state index < -0.39 is 0 Å². The lowest BCUT2D eigenvalue weighted by Crippen LogP contribution is -2.39. The van der Waals surface area contributed by atoms with Gasteiger partial charge in [0.05, 0.1) is 0 Å². The molecule has 0 bridgehead atoms. The van der Waals surface area contributed by atoms with Crippen LogP contribution in [0.1, 0.15) is 22.5 Å². The van der Waals surface area contributed by atoms with Crippen LogP contribution < -0.4 is 15.8 Å². The highest BCUT2D eigenvalue weighted by molar-refractivity contribution is 5.96. The monoisotopic (exact) mass is 436 g/mol. The van der Waals surface area contributed by atoms with Gasteiger partial charge in [0.25, 0.3) is 5.91 Å². The molecular formula is C22H24N6O4. The molecule has 10 heteroatoms. The molecule has 0 saturated carbocycles. The van der Waals surface area contributed by atoms with Gasteiger partial charge in [0.2, 0.25) is 11.5 Å². The molecule has 3 aromatic rings. The highest BCUT2D eigenvalue weighted by Gasteiger charge is 2.26. The Morgan fingerprint density at radius 2 is 1.69 bits per heavy atom. The van der Waals surface area contributed by atoms with Crippen molar-refractivity contribution in [3.05, 3.63) is 65.9 Å². The fraction of sp³-hybridized carbons (Fsp3) is 0.273. The van der Waals surface area contributed by atoms with Gasteiger partial charge < -0.3 is 25.6 Å². The molecule has 0 atom stereocenters. The lowest BCUT2D eigenvalue weighted by atomic mass is 10.2. The summed E-state index contributed by atoms with van der Waals surface area (Å²) >= 11 is 0. The second kappa shape index (κ2) is 9.82. The standard InChI is InChI=1S/C22H24N6O4/c23-20-19(25-32-26-20)21(29)27-11-4-12-28(14-13-27)22(30)24-17-7-9-18(10-8-17)31-15-16-5-2-1-3-6-16/h1-3,5-10H,4,11-15H2,(H2,23,26)(H,24,30). The van der Waals surface area contributed by atoms with Gasteiger partial charge in [-0.1, -0.05) is 30.3 Å². The van der Waals surface area contributed by atoms with Crippen LogP contribution in [0.5, 0.6) is 5.75 Å². The molecule has 32 heavy (non-hydrogen) atoms. The largest absolute Gasteiger partial charge is 0.489 e. The van der Waals surface area contributed by atoms with E-state index in [0.29, 0.717) is 44.9 Å². The van der Waals surface area contributed by atoms with E-state index in [2.05, 4.69) is 20.3 Å². The molecule has 1 fully saturated rings. The van der Waals surface area contributed by atoms with Crippen LogP contribution in [0.15, 0.2) is 59.2 Å². The Morgan fingerprint density at radius 3 is 2.41 bits per heavy atom. The molecule has 2 heterocycles. The van der Waals surface area contributed by atoms with E-state index in [0.717, 1.165) is 11.3 Å². The first-order valence-electron chi connectivity index (χ1n) is 10.3. The van der Waals surface area contributed by atoms with Crippen LogP contribution >= 0.6 is 0 Å². The SMILES string of the molecule is Nc1nonc1C(=O)N1CCCN(C(=O)Nc2ccc(OCc3ccccc3)cc2)CC1. The van der Waals surface area contributed by atoms with Gasteiger partial charge in [-0.05, 0) is 46.6 Å². The summed E-state index contributed by atoms with van der Waals surface area (Å²) in [4.78, 5) is 28.5. The average Bonchev–Trinajstić information content (AvgIpc) is 3.09. The Morgan fingerprint density at radius 1 is 0.969 bits per heavy atom. The summed E-state index contributed by atoms with van der Waals surface area (Å²) in [6.45, 7) is 2.25. The van der Waals surface area contributed by atoms with Crippen molar-refractivity contribution in [2.45, 2.75) is 13.0 Å². The van der Waals surface area contributed by atoms with Gasteiger partial charge in [0.15, 0.2) is 0 Å². The third-order valence-electron chi connectivity index (χ3n) is 5.14. The molecule has 2 aromatic carbocycles. The van der Waals surface area contributed by atoms with E-state index in [9.17, 15) is 9.59 Å². The van der Waals surface area contributed by atoms with Crippen molar-refractivity contribution in [1.82, 2.24) is 20.1 Å². The van der Waals surface area contributed by atoms with E-state index >= 15 is 0 Å². The van der Waals surface area contributed by atoms with Crippen molar-refractivity contribution in [2.75, 3.05) is 37.2 Å². The van der Waals surface area contributed by atoms with Crippen molar-refractivity contribution in [3.63, 3.8) is 0 Å². The molecule has 0 aliphatic carbocycles. The fourth-order valence-corrected chi connectivity index (χ4v) is 3.40. The molecule has 3 amide bonds. The number of nitrogens with two attached hydrogens (primary N) is 1. The molecule has 1 aliphatic heterocycles. The lowest BCUT2D eigenvalue weighted by molar-refractivity contribution is 0.0752. The topological polar surface area (TPSA) is 127 Å². The molecule has 166 valence electrons. The van der Waals surface area contributed by atoms with Crippen LogP contribution in [0.25, 0.3) is 0 Å². The van der Waals surface area contributed by atoms with E-state index in [1.54, 1.807) is 21.9 Å². The predicted molar refractivity (Wildman–Crippen MR) is 117 cm³/mol. The second-order valence-electron chi connectivity index (χ2n) is 7.36. The van der Waals surface area contributed by atoms with Crippen molar-refractivity contribution in [3.8, 4) is 5.75 Å². The molecule has 4 rings (SSSR count). The summed E-state index contributed by atoms with van der Waals surface area (Å²) in [6.07, 6.45) is 0.636. The maximum atomic E-state index is 12.7. The van der Waals surface area contributed by atoms with E-state index in [4.69, 9.17) is 10.5 Å². The summed E-state index contributed by atoms with van der Waals surface area (Å²) in [6, 6.07) is 16.9. The molecular weight excluding hydrogens is 412 g/mol. The number of hydrogen-bond donors (Lipinski definition) is 2. The van der Waals surface area contributed by atoms with Gasteiger partial charge in [-0.15, -0.1) is 0 Å². The number of nitrogens with one attached hydrogen (secondary N) is 1. The molecule has 0 unspecified atom stereocenters. The maximum Gasteiger partial charge on any atom is 0.321 e. The Bertz CT molecular complexity index is 1050. The number of anilines is 2. The van der Waals surface area contributed by atoms with Crippen LogP contribution in [0.4, 0.5) is 16.3 Å². The highest BCUT2D eigenvalue weighted by Crippen LogP contribution is 2.18. The Balaban J connectivity index is 1.28. The number of benzene rings is 2. The molecule has 0 radical (unpaired) electrons. The van der Waals surface area contributed by atoms with Crippen LogP contribution in [0.2, 0.25) is 0 Å². The predicted octanol–water partition coefficient (Wildman–Crippen LogP) is 2.61. The quantitative estimate of drug-likeness (QED) is 0.629. The first-order chi connectivity index (χ1) is 15.6. The van der Waals surface area contributed by atoms with E-state index in [-0.39, 0.29) is 23.5 Å². The Kier molecular flexibility index (Phi) is 6.49. The molecule has 1 saturated heterocycles. The van der Waals surface area contributed by atoms with Crippen molar-refractivity contribution < 1.29 is 19.0 Å². The summed E-state index contributed by atoms with van der Waals surface area (Å²) in [7, 11) is 0. The van der Waals surface area contributed by atoms with Crippen LogP contribution in [-0.4, -0.2) is 58.2 Å². The van der Waals surface area contributed by atoms with Gasteiger partial charge in [-0.2, -0.15) is 0 Å². The Hall–Kier alpha value is -4.08. The van der Waals surface area contributed by atoms with Crippen molar-refractivity contribution >= 4 is 23.4 Å². The van der Waals surface area contributed by atoms with Crippen molar-refractivity contribution in [1.29, 1.82) is 0 Å². The van der Waals surface area contributed by atoms with Crippen LogP contribution in [0, 0.1) is 0 Å². The summed E-state index contributed by atoms with van der Waals surface area (Å²) in [5.74, 6) is 0.333. The van der Waals surface area contributed by atoms with Crippen molar-refractivity contribution in [2.24, 2.45) is 0 Å². The number of rotatable bonds is 5. The van der Waals surface area contributed by atoms with Gasteiger partial charge in [-0.3, -0.25) is 4.79 Å². The third-order valence-corrected chi connectivity index (χ3v) is 5.14. The van der Waals surface area contributed by atoms with Crippen LogP contribution in [0.3, 0.4) is 0 Å². The second-order valence-corrected chi connectivity index (χ2v) is 7.36. The number of carbonyl (C=O) groups is 2. The first kappa shape index (κ1) is 21.2. The zero-order valence-electron chi connectivity index (χ0n) is 17.4. The number of nitrogens with zero attached hydrogens (tertiary/aromatic N) is 4. The zero-order valence-corrected chi connectivity index (χ0v) is 17.4. The van der Waals surface area contributed by atoms with Gasteiger partial charge >= 0.3 is 6.03 Å². The van der Waals surface area contributed by atoms with Gasteiger partial charge in [0, 0.05) is 31.9 Å². The van der Waals surface area contributed by atoms with Gasteiger partial charge in [-0.25, -0.2) is 9.42 Å². The van der Waals surface area contributed by atoms with E-state index in [1.807, 2.05) is 42.5 Å². The zero-order chi connectivity index (χ0) is 22.3. The molecule has 1 aliphatic rings. The minimum Gasteiger partial charge on any atom is -0.489 e. The number of urea groups is 1. The molecule has 0 spiro atoms. The number of aromatic nitrogens is 2. The summed E-state index contributed by atoms with van der Waals surface area (Å²) in [5, 5.41) is 9.90. The summed E-state index contributed by atoms with van der Waals surface area (Å²) < 4.78 is 10.3. The number of carbonyl (C=O) groups excluding carboxylic acids is 2. The smallest absolute Gasteiger partial charge is 0.321 e. The lowest BCUT2D eigenvalue weighted by Gasteiger charge is -2.22. The number of ether oxygens (including phenoxy) is 1. The minimum atomic E-state index is -0.350. The number of amides is 3. The molecule has 1 aromatic heterocycles. The fourth-order valence-electron chi connectivity index (χ4n) is 3.40. The molecule has 10 nitrogen and oxygen atoms in total. The third kappa shape index (κ3) is 5.15.